The van der Waals surface area contributed by atoms with Crippen molar-refractivity contribution in [2.24, 2.45) is 0 Å². The lowest BCUT2D eigenvalue weighted by Gasteiger charge is -2.22. The van der Waals surface area contributed by atoms with Crippen LogP contribution in [0.2, 0.25) is 0 Å². The Bertz CT molecular complexity index is 982. The SMILES string of the molecule is CCCN(CC)C(=O)c1cc(-c2cnc(N)nc2)nc2cc(C)cc(C)c12. The summed E-state index contributed by atoms with van der Waals surface area (Å²) in [5, 5.41) is 0.903. The number of aromatic nitrogens is 3. The topological polar surface area (TPSA) is 85.0 Å². The highest BCUT2D eigenvalue weighted by molar-refractivity contribution is 6.08. The maximum absolute atomic E-state index is 13.3. The van der Waals surface area contributed by atoms with Gasteiger partial charge in [-0.2, -0.15) is 0 Å². The highest BCUT2D eigenvalue weighted by Crippen LogP contribution is 2.29. The number of nitrogens with zero attached hydrogens (tertiary/aromatic N) is 4. The molecular weight excluding hydrogens is 338 g/mol. The van der Waals surface area contributed by atoms with Gasteiger partial charge in [0.15, 0.2) is 0 Å². The number of nitrogen functional groups attached to an aromatic ring is 1. The van der Waals surface area contributed by atoms with E-state index in [1.807, 2.05) is 37.8 Å². The number of amides is 1. The van der Waals surface area contributed by atoms with Crippen molar-refractivity contribution < 1.29 is 4.79 Å². The lowest BCUT2D eigenvalue weighted by Crippen LogP contribution is -2.31. The zero-order chi connectivity index (χ0) is 19.6. The van der Waals surface area contributed by atoms with Crippen molar-refractivity contribution in [3.63, 3.8) is 0 Å². The summed E-state index contributed by atoms with van der Waals surface area (Å²) in [6.07, 6.45) is 4.19. The van der Waals surface area contributed by atoms with Gasteiger partial charge in [0.2, 0.25) is 5.95 Å². The van der Waals surface area contributed by atoms with Crippen LogP contribution in [0.15, 0.2) is 30.6 Å². The van der Waals surface area contributed by atoms with E-state index in [1.165, 1.54) is 0 Å². The summed E-state index contributed by atoms with van der Waals surface area (Å²) in [4.78, 5) is 28.1. The molecule has 6 heteroatoms. The van der Waals surface area contributed by atoms with E-state index in [9.17, 15) is 4.79 Å². The van der Waals surface area contributed by atoms with Crippen molar-refractivity contribution in [2.45, 2.75) is 34.1 Å². The molecule has 0 unspecified atom stereocenters. The highest BCUT2D eigenvalue weighted by atomic mass is 16.2. The minimum atomic E-state index is 0.0244. The Kier molecular flexibility index (Phi) is 5.35. The van der Waals surface area contributed by atoms with Gasteiger partial charge in [-0.05, 0) is 50.5 Å². The van der Waals surface area contributed by atoms with Crippen molar-refractivity contribution in [2.75, 3.05) is 18.8 Å². The molecular formula is C21H25N5O. The molecule has 0 saturated carbocycles. The second kappa shape index (κ2) is 7.70. The van der Waals surface area contributed by atoms with E-state index in [0.29, 0.717) is 17.8 Å². The maximum atomic E-state index is 13.3. The van der Waals surface area contributed by atoms with Crippen molar-refractivity contribution in [3.05, 3.63) is 47.3 Å². The fraction of sp³-hybridized carbons (Fsp3) is 0.333. The van der Waals surface area contributed by atoms with Crippen LogP contribution in [-0.2, 0) is 0 Å². The third-order valence-corrected chi connectivity index (χ3v) is 4.61. The highest BCUT2D eigenvalue weighted by Gasteiger charge is 2.20. The summed E-state index contributed by atoms with van der Waals surface area (Å²) >= 11 is 0. The summed E-state index contributed by atoms with van der Waals surface area (Å²) < 4.78 is 0. The quantitative estimate of drug-likeness (QED) is 0.746. The van der Waals surface area contributed by atoms with Crippen LogP contribution in [-0.4, -0.2) is 38.8 Å². The summed E-state index contributed by atoms with van der Waals surface area (Å²) in [5.41, 5.74) is 10.6. The number of hydrogen-bond donors (Lipinski definition) is 1. The molecule has 1 aromatic carbocycles. The van der Waals surface area contributed by atoms with Crippen LogP contribution in [0.1, 0.15) is 41.8 Å². The Hall–Kier alpha value is -3.02. The van der Waals surface area contributed by atoms with Crippen molar-refractivity contribution >= 4 is 22.8 Å². The summed E-state index contributed by atoms with van der Waals surface area (Å²) in [7, 11) is 0. The second-order valence-corrected chi connectivity index (χ2v) is 6.75. The number of benzene rings is 1. The number of aryl methyl sites for hydroxylation is 2. The van der Waals surface area contributed by atoms with Crippen LogP contribution in [0, 0.1) is 13.8 Å². The lowest BCUT2D eigenvalue weighted by molar-refractivity contribution is 0.0766. The van der Waals surface area contributed by atoms with Crippen LogP contribution in [0.4, 0.5) is 5.95 Å². The first-order chi connectivity index (χ1) is 12.9. The van der Waals surface area contributed by atoms with Gasteiger partial charge in [0.05, 0.1) is 16.8 Å². The second-order valence-electron chi connectivity index (χ2n) is 6.75. The first-order valence-corrected chi connectivity index (χ1v) is 9.23. The van der Waals surface area contributed by atoms with Gasteiger partial charge in [0.1, 0.15) is 0 Å². The van der Waals surface area contributed by atoms with Gasteiger partial charge in [-0.25, -0.2) is 15.0 Å². The monoisotopic (exact) mass is 363 g/mol. The Morgan fingerprint density at radius 2 is 1.81 bits per heavy atom. The molecule has 2 N–H and O–H groups in total. The molecule has 3 aromatic rings. The van der Waals surface area contributed by atoms with E-state index in [-0.39, 0.29) is 11.9 Å². The van der Waals surface area contributed by atoms with Gasteiger partial charge >= 0.3 is 0 Å². The predicted molar refractivity (Wildman–Crippen MR) is 109 cm³/mol. The van der Waals surface area contributed by atoms with Crippen LogP contribution in [0.3, 0.4) is 0 Å². The van der Waals surface area contributed by atoms with E-state index >= 15 is 0 Å². The Morgan fingerprint density at radius 1 is 1.11 bits per heavy atom. The number of nitrogens with two attached hydrogens (primary N) is 1. The number of rotatable bonds is 5. The summed E-state index contributed by atoms with van der Waals surface area (Å²) in [5.74, 6) is 0.235. The molecule has 0 spiro atoms. The van der Waals surface area contributed by atoms with Crippen LogP contribution in [0.5, 0.6) is 0 Å². The molecule has 0 atom stereocenters. The van der Waals surface area contributed by atoms with Crippen molar-refractivity contribution in [1.82, 2.24) is 19.9 Å². The minimum absolute atomic E-state index is 0.0244. The molecule has 2 heterocycles. The maximum Gasteiger partial charge on any atom is 0.254 e. The molecule has 0 aliphatic rings. The van der Waals surface area contributed by atoms with Crippen molar-refractivity contribution in [1.29, 1.82) is 0 Å². The van der Waals surface area contributed by atoms with Gasteiger partial charge in [-0.15, -0.1) is 0 Å². The molecule has 0 aliphatic heterocycles. The number of anilines is 1. The molecule has 0 radical (unpaired) electrons. The third kappa shape index (κ3) is 3.74. The molecule has 0 aliphatic carbocycles. The van der Waals surface area contributed by atoms with E-state index in [1.54, 1.807) is 12.4 Å². The normalized spacial score (nSPS) is 11.0. The Morgan fingerprint density at radius 3 is 2.44 bits per heavy atom. The van der Waals surface area contributed by atoms with Gasteiger partial charge in [0.25, 0.3) is 5.91 Å². The zero-order valence-electron chi connectivity index (χ0n) is 16.3. The predicted octanol–water partition coefficient (Wildman–Crippen LogP) is 3.76. The summed E-state index contributed by atoms with van der Waals surface area (Å²) in [6.45, 7) is 9.53. The molecule has 0 saturated heterocycles. The standard InChI is InChI=1S/C21H25N5O/c1-5-7-26(6-2)20(27)16-10-17(15-11-23-21(22)24-12-15)25-18-9-13(3)8-14(4)19(16)18/h8-12H,5-7H2,1-4H3,(H2,22,23,24). The van der Waals surface area contributed by atoms with Crippen LogP contribution < -0.4 is 5.73 Å². The molecule has 140 valence electrons. The Labute approximate surface area is 159 Å². The van der Waals surface area contributed by atoms with Crippen molar-refractivity contribution in [3.8, 4) is 11.3 Å². The molecule has 6 nitrogen and oxygen atoms in total. The average molecular weight is 363 g/mol. The molecule has 27 heavy (non-hydrogen) atoms. The number of pyridine rings is 1. The van der Waals surface area contributed by atoms with Gasteiger partial charge < -0.3 is 10.6 Å². The molecule has 0 fully saturated rings. The molecule has 2 aromatic heterocycles. The van der Waals surface area contributed by atoms with Gasteiger partial charge in [-0.1, -0.05) is 13.0 Å². The van der Waals surface area contributed by atoms with Gasteiger partial charge in [0, 0.05) is 36.4 Å². The van der Waals surface area contributed by atoms with Gasteiger partial charge in [-0.3, -0.25) is 4.79 Å². The minimum Gasteiger partial charge on any atom is -0.368 e. The number of fused-ring (bicyclic) bond motifs is 1. The Balaban J connectivity index is 2.25. The average Bonchev–Trinajstić information content (AvgIpc) is 2.65. The first kappa shape index (κ1) is 18.8. The van der Waals surface area contributed by atoms with E-state index in [4.69, 9.17) is 10.7 Å². The zero-order valence-corrected chi connectivity index (χ0v) is 16.3. The summed E-state index contributed by atoms with van der Waals surface area (Å²) in [6, 6.07) is 5.94. The molecule has 1 amide bonds. The van der Waals surface area contributed by atoms with Crippen LogP contribution >= 0.6 is 0 Å². The lowest BCUT2D eigenvalue weighted by atomic mass is 9.98. The largest absolute Gasteiger partial charge is 0.368 e. The molecule has 3 rings (SSSR count). The smallest absolute Gasteiger partial charge is 0.254 e. The van der Waals surface area contributed by atoms with E-state index < -0.39 is 0 Å². The third-order valence-electron chi connectivity index (χ3n) is 4.61. The van der Waals surface area contributed by atoms with Crippen LogP contribution in [0.25, 0.3) is 22.2 Å². The number of carbonyl (C=O) groups excluding carboxylic acids is 1. The fourth-order valence-electron chi connectivity index (χ4n) is 3.39. The molecule has 0 bridgehead atoms. The fourth-order valence-corrected chi connectivity index (χ4v) is 3.39. The van der Waals surface area contributed by atoms with E-state index in [0.717, 1.165) is 40.6 Å². The van der Waals surface area contributed by atoms with E-state index in [2.05, 4.69) is 23.0 Å². The number of hydrogen-bond acceptors (Lipinski definition) is 5. The first-order valence-electron chi connectivity index (χ1n) is 9.23. The number of carbonyl (C=O) groups is 1.